The Bertz CT molecular complexity index is 74.4. The predicted molar refractivity (Wildman–Crippen MR) is 35.1 cm³/mol. The van der Waals surface area contributed by atoms with Crippen LogP contribution in [0.25, 0.3) is 0 Å². The van der Waals surface area contributed by atoms with Crippen LogP contribution in [-0.4, -0.2) is 17.7 Å². The smallest absolute Gasteiger partial charge is 0.300 e. The summed E-state index contributed by atoms with van der Waals surface area (Å²) in [7, 11) is 0. The zero-order valence-corrected chi connectivity index (χ0v) is 5.76. The quantitative estimate of drug-likeness (QED) is 0.575. The molecule has 0 rings (SSSR count). The first-order valence-corrected chi connectivity index (χ1v) is 2.57. The largest absolute Gasteiger partial charge is 0.502 e. The molecule has 0 unspecified atom stereocenters. The van der Waals surface area contributed by atoms with Crippen LogP contribution in [0.3, 0.4) is 0 Å². The summed E-state index contributed by atoms with van der Waals surface area (Å²) in [5.41, 5.74) is 0. The van der Waals surface area contributed by atoms with E-state index in [1.54, 1.807) is 0 Å². The number of rotatable bonds is 2. The number of carboxylic acids is 1. The van der Waals surface area contributed by atoms with E-state index in [2.05, 4.69) is 11.3 Å². The molecular formula is C6H12O3. The summed E-state index contributed by atoms with van der Waals surface area (Å²) in [6.07, 6.45) is 1.43. The van der Waals surface area contributed by atoms with Crippen LogP contribution in [0.4, 0.5) is 0 Å². The lowest BCUT2D eigenvalue weighted by atomic mass is 10.9. The molecule has 0 aliphatic heterocycles. The van der Waals surface area contributed by atoms with Crippen molar-refractivity contribution in [3.8, 4) is 0 Å². The van der Waals surface area contributed by atoms with E-state index in [4.69, 9.17) is 9.90 Å². The minimum atomic E-state index is -0.833. The van der Waals surface area contributed by atoms with Gasteiger partial charge in [-0.2, -0.15) is 0 Å². The molecule has 0 aromatic carbocycles. The van der Waals surface area contributed by atoms with E-state index in [1.165, 1.54) is 6.26 Å². The number of ether oxygens (including phenoxy) is 1. The van der Waals surface area contributed by atoms with Gasteiger partial charge in [-0.3, -0.25) is 4.79 Å². The van der Waals surface area contributed by atoms with Gasteiger partial charge in [0.05, 0.1) is 12.9 Å². The Labute approximate surface area is 54.9 Å². The number of aliphatic carboxylic acids is 1. The first-order valence-electron chi connectivity index (χ1n) is 2.57. The fraction of sp³-hybridized carbons (Fsp3) is 0.500. The maximum Gasteiger partial charge on any atom is 0.300 e. The maximum atomic E-state index is 9.00. The second kappa shape index (κ2) is 10.1. The lowest BCUT2D eigenvalue weighted by Crippen LogP contribution is -1.78. The summed E-state index contributed by atoms with van der Waals surface area (Å²) in [5, 5.41) is 7.42. The first kappa shape index (κ1) is 10.9. The molecule has 9 heavy (non-hydrogen) atoms. The van der Waals surface area contributed by atoms with Crippen molar-refractivity contribution in [2.75, 3.05) is 6.61 Å². The molecule has 1 N–H and O–H groups in total. The monoisotopic (exact) mass is 132 g/mol. The normalized spacial score (nSPS) is 6.44. The SMILES string of the molecule is C=COCC.CC(=O)O. The second-order valence-corrected chi connectivity index (χ2v) is 1.14. The van der Waals surface area contributed by atoms with Crippen molar-refractivity contribution < 1.29 is 14.6 Å². The van der Waals surface area contributed by atoms with Crippen LogP contribution < -0.4 is 0 Å². The summed E-state index contributed by atoms with van der Waals surface area (Å²) < 4.78 is 4.60. The molecule has 0 saturated heterocycles. The van der Waals surface area contributed by atoms with E-state index in [0.29, 0.717) is 0 Å². The van der Waals surface area contributed by atoms with Crippen LogP contribution in [0.1, 0.15) is 13.8 Å². The van der Waals surface area contributed by atoms with Crippen molar-refractivity contribution in [2.45, 2.75) is 13.8 Å². The van der Waals surface area contributed by atoms with E-state index in [1.807, 2.05) is 6.92 Å². The molecule has 3 heteroatoms. The van der Waals surface area contributed by atoms with Gasteiger partial charge in [-0.25, -0.2) is 0 Å². The molecule has 54 valence electrons. The highest BCUT2D eigenvalue weighted by molar-refractivity contribution is 5.62. The number of carbonyl (C=O) groups is 1. The molecule has 0 amide bonds. The van der Waals surface area contributed by atoms with E-state index in [-0.39, 0.29) is 0 Å². The third kappa shape index (κ3) is 172. The Kier molecular flexibility index (Phi) is 12.2. The van der Waals surface area contributed by atoms with Crippen LogP contribution in [0.2, 0.25) is 0 Å². The van der Waals surface area contributed by atoms with Crippen molar-refractivity contribution in [3.05, 3.63) is 12.8 Å². The average Bonchev–Trinajstić information content (AvgIpc) is 1.66. The molecule has 0 aromatic rings. The van der Waals surface area contributed by atoms with Crippen molar-refractivity contribution in [2.24, 2.45) is 0 Å². The summed E-state index contributed by atoms with van der Waals surface area (Å²) in [5.74, 6) is -0.833. The van der Waals surface area contributed by atoms with Crippen molar-refractivity contribution in [1.82, 2.24) is 0 Å². The molecule has 0 radical (unpaired) electrons. The van der Waals surface area contributed by atoms with Gasteiger partial charge in [0.25, 0.3) is 5.97 Å². The van der Waals surface area contributed by atoms with Crippen molar-refractivity contribution in [1.29, 1.82) is 0 Å². The highest BCUT2D eigenvalue weighted by atomic mass is 16.5. The van der Waals surface area contributed by atoms with Gasteiger partial charge in [-0.1, -0.05) is 6.58 Å². The minimum absolute atomic E-state index is 0.726. The first-order chi connectivity index (χ1) is 4.15. The van der Waals surface area contributed by atoms with E-state index in [9.17, 15) is 0 Å². The predicted octanol–water partition coefficient (Wildman–Crippen LogP) is 1.26. The minimum Gasteiger partial charge on any atom is -0.502 e. The van der Waals surface area contributed by atoms with E-state index < -0.39 is 5.97 Å². The summed E-state index contributed by atoms with van der Waals surface area (Å²) in [4.78, 5) is 9.00. The standard InChI is InChI=1S/C4H8O.C2H4O2/c1-3-5-4-2;1-2(3)4/h3H,1,4H2,2H3;1H3,(H,3,4). The van der Waals surface area contributed by atoms with Crippen LogP contribution in [0, 0.1) is 0 Å². The van der Waals surface area contributed by atoms with Gasteiger partial charge in [0, 0.05) is 6.92 Å². The Hall–Kier alpha value is -0.990. The average molecular weight is 132 g/mol. The van der Waals surface area contributed by atoms with Gasteiger partial charge in [-0.15, -0.1) is 0 Å². The van der Waals surface area contributed by atoms with Crippen LogP contribution >= 0.6 is 0 Å². The molecule has 0 fully saturated rings. The highest BCUT2D eigenvalue weighted by Crippen LogP contribution is 1.65. The lowest BCUT2D eigenvalue weighted by Gasteiger charge is -1.84. The molecule has 0 atom stereocenters. The molecule has 0 bridgehead atoms. The fourth-order valence-corrected chi connectivity index (χ4v) is 0.118. The molecule has 0 heterocycles. The number of hydrogen-bond donors (Lipinski definition) is 1. The zero-order chi connectivity index (χ0) is 7.70. The van der Waals surface area contributed by atoms with Crippen LogP contribution in [0.5, 0.6) is 0 Å². The molecule has 0 spiro atoms. The van der Waals surface area contributed by atoms with Crippen LogP contribution in [0.15, 0.2) is 12.8 Å². The second-order valence-electron chi connectivity index (χ2n) is 1.14. The summed E-state index contributed by atoms with van der Waals surface area (Å²) in [6, 6.07) is 0. The molecule has 0 aromatic heterocycles. The zero-order valence-electron chi connectivity index (χ0n) is 5.76. The van der Waals surface area contributed by atoms with Crippen LogP contribution in [-0.2, 0) is 9.53 Å². The lowest BCUT2D eigenvalue weighted by molar-refractivity contribution is -0.134. The van der Waals surface area contributed by atoms with Crippen molar-refractivity contribution in [3.63, 3.8) is 0 Å². The topological polar surface area (TPSA) is 46.5 Å². The van der Waals surface area contributed by atoms with Gasteiger partial charge >= 0.3 is 0 Å². The van der Waals surface area contributed by atoms with Gasteiger partial charge < -0.3 is 9.84 Å². The third-order valence-electron chi connectivity index (χ3n) is 0.285. The summed E-state index contributed by atoms with van der Waals surface area (Å²) >= 11 is 0. The molecule has 0 aliphatic rings. The fourth-order valence-electron chi connectivity index (χ4n) is 0.118. The van der Waals surface area contributed by atoms with Crippen molar-refractivity contribution >= 4 is 5.97 Å². The Morgan fingerprint density at radius 3 is 2.22 bits per heavy atom. The van der Waals surface area contributed by atoms with Gasteiger partial charge in [0.15, 0.2) is 0 Å². The Morgan fingerprint density at radius 2 is 2.22 bits per heavy atom. The highest BCUT2D eigenvalue weighted by Gasteiger charge is 1.65. The van der Waals surface area contributed by atoms with Gasteiger partial charge in [-0.05, 0) is 6.92 Å². The van der Waals surface area contributed by atoms with E-state index >= 15 is 0 Å². The Balaban J connectivity index is 0. The third-order valence-corrected chi connectivity index (χ3v) is 0.285. The number of carboxylic acid groups (broad SMARTS) is 1. The molecule has 0 saturated carbocycles. The molecule has 3 nitrogen and oxygen atoms in total. The molecule has 0 aliphatic carbocycles. The maximum absolute atomic E-state index is 9.00. The Morgan fingerprint density at radius 1 is 1.89 bits per heavy atom. The van der Waals surface area contributed by atoms with Gasteiger partial charge in [0.1, 0.15) is 0 Å². The summed E-state index contributed by atoms with van der Waals surface area (Å²) in [6.45, 7) is 7.06. The van der Waals surface area contributed by atoms with E-state index in [0.717, 1.165) is 13.5 Å². The van der Waals surface area contributed by atoms with Gasteiger partial charge in [0.2, 0.25) is 0 Å². The molecular weight excluding hydrogens is 120 g/mol. The number of hydrogen-bond acceptors (Lipinski definition) is 2.